The Morgan fingerprint density at radius 3 is 2.26 bits per heavy atom. The minimum Gasteiger partial charge on any atom is -0.479 e. The Morgan fingerprint density at radius 1 is 1.04 bits per heavy atom. The van der Waals surface area contributed by atoms with Gasteiger partial charge >= 0.3 is 5.97 Å². The van der Waals surface area contributed by atoms with Gasteiger partial charge in [-0.25, -0.2) is 4.79 Å². The second-order valence-electron chi connectivity index (χ2n) is 7.82. The summed E-state index contributed by atoms with van der Waals surface area (Å²) in [7, 11) is 0. The van der Waals surface area contributed by atoms with Crippen LogP contribution in [0.5, 0.6) is 0 Å². The second-order valence-corrected chi connectivity index (χ2v) is 7.82. The molecule has 0 amide bonds. The fraction of sp³-hybridized carbons (Fsp3) is 0.304. The molecule has 4 heteroatoms. The Bertz CT molecular complexity index is 985. The number of ether oxygens (including phenoxy) is 1. The number of hydrogen-bond acceptors (Lipinski definition) is 3. The van der Waals surface area contributed by atoms with Gasteiger partial charge in [0.05, 0.1) is 11.1 Å². The highest BCUT2D eigenvalue weighted by atomic mass is 16.5. The minimum absolute atomic E-state index is 0.605. The first-order valence-corrected chi connectivity index (χ1v) is 9.04. The standard InChI is InChI=1S/C23H25NO3/c1-14-10-12-16(13-11-14)20-17-8-6-7-9-18(17)24-15(2)19(20)21(22(25)26)27-23(3,4)5/h6-13,21H,1-5H3,(H,25,26)/t21-/m0/s1. The van der Waals surface area contributed by atoms with Gasteiger partial charge in [-0.05, 0) is 51.8 Å². The van der Waals surface area contributed by atoms with Crippen LogP contribution in [0.1, 0.15) is 43.7 Å². The monoisotopic (exact) mass is 363 g/mol. The number of carboxylic acid groups (broad SMARTS) is 1. The molecular formula is C23H25NO3. The number of para-hydroxylation sites is 1. The number of aliphatic carboxylic acids is 1. The smallest absolute Gasteiger partial charge is 0.337 e. The normalized spacial score (nSPS) is 12.9. The fourth-order valence-electron chi connectivity index (χ4n) is 3.29. The maximum absolute atomic E-state index is 12.2. The molecule has 0 saturated heterocycles. The van der Waals surface area contributed by atoms with Crippen molar-refractivity contribution in [3.63, 3.8) is 0 Å². The maximum atomic E-state index is 12.2. The molecule has 0 saturated carbocycles. The number of benzene rings is 2. The van der Waals surface area contributed by atoms with Crippen molar-refractivity contribution in [3.05, 3.63) is 65.4 Å². The zero-order chi connectivity index (χ0) is 19.8. The van der Waals surface area contributed by atoms with E-state index in [1.165, 1.54) is 0 Å². The molecule has 0 spiro atoms. The molecule has 4 nitrogen and oxygen atoms in total. The number of pyridine rings is 1. The van der Waals surface area contributed by atoms with E-state index in [9.17, 15) is 9.90 Å². The Morgan fingerprint density at radius 2 is 1.67 bits per heavy atom. The number of fused-ring (bicyclic) bond motifs is 1. The SMILES string of the molecule is Cc1ccc(-c2c([C@H](OC(C)(C)C)C(=O)O)c(C)nc3ccccc23)cc1. The van der Waals surface area contributed by atoms with Crippen LogP contribution in [0.25, 0.3) is 22.0 Å². The molecule has 1 N–H and O–H groups in total. The summed E-state index contributed by atoms with van der Waals surface area (Å²) in [6.45, 7) is 9.46. The highest BCUT2D eigenvalue weighted by molar-refractivity contribution is 5.98. The molecule has 0 radical (unpaired) electrons. The van der Waals surface area contributed by atoms with Crippen molar-refractivity contribution < 1.29 is 14.6 Å². The van der Waals surface area contributed by atoms with Gasteiger partial charge in [0.25, 0.3) is 0 Å². The highest BCUT2D eigenvalue weighted by Gasteiger charge is 2.32. The van der Waals surface area contributed by atoms with Crippen molar-refractivity contribution >= 4 is 16.9 Å². The third-order valence-electron chi connectivity index (χ3n) is 4.42. The van der Waals surface area contributed by atoms with E-state index in [1.807, 2.05) is 83.1 Å². The lowest BCUT2D eigenvalue weighted by Gasteiger charge is -2.28. The zero-order valence-corrected chi connectivity index (χ0v) is 16.4. The first kappa shape index (κ1) is 19.1. The molecule has 1 heterocycles. The molecule has 0 fully saturated rings. The van der Waals surface area contributed by atoms with E-state index in [4.69, 9.17) is 4.74 Å². The van der Waals surface area contributed by atoms with Crippen LogP contribution in [0.3, 0.4) is 0 Å². The molecule has 140 valence electrons. The van der Waals surface area contributed by atoms with Gasteiger partial charge in [0.15, 0.2) is 6.10 Å². The molecule has 1 aromatic heterocycles. The summed E-state index contributed by atoms with van der Waals surface area (Å²) in [5.74, 6) is -1.02. The van der Waals surface area contributed by atoms with Crippen LogP contribution >= 0.6 is 0 Å². The Kier molecular flexibility index (Phi) is 5.03. The van der Waals surface area contributed by atoms with Crippen molar-refractivity contribution in [2.75, 3.05) is 0 Å². The van der Waals surface area contributed by atoms with Gasteiger partial charge in [0.2, 0.25) is 0 Å². The van der Waals surface area contributed by atoms with Gasteiger partial charge in [-0.3, -0.25) is 4.98 Å². The minimum atomic E-state index is -1.10. The number of carbonyl (C=O) groups is 1. The van der Waals surface area contributed by atoms with E-state index >= 15 is 0 Å². The summed E-state index contributed by atoms with van der Waals surface area (Å²) in [6.07, 6.45) is -1.10. The van der Waals surface area contributed by atoms with E-state index in [2.05, 4.69) is 4.98 Å². The molecule has 27 heavy (non-hydrogen) atoms. The summed E-state index contributed by atoms with van der Waals surface area (Å²) in [5, 5.41) is 10.9. The Labute approximate surface area is 159 Å². The number of hydrogen-bond donors (Lipinski definition) is 1. The molecule has 2 aromatic carbocycles. The van der Waals surface area contributed by atoms with Crippen molar-refractivity contribution in [3.8, 4) is 11.1 Å². The third-order valence-corrected chi connectivity index (χ3v) is 4.42. The van der Waals surface area contributed by atoms with Crippen LogP contribution in [0.15, 0.2) is 48.5 Å². The average Bonchev–Trinajstić information content (AvgIpc) is 2.59. The van der Waals surface area contributed by atoms with Crippen LogP contribution in [-0.2, 0) is 9.53 Å². The molecule has 0 bridgehead atoms. The summed E-state index contributed by atoms with van der Waals surface area (Å²) in [6, 6.07) is 15.9. The van der Waals surface area contributed by atoms with Crippen LogP contribution in [0.2, 0.25) is 0 Å². The molecule has 0 aliphatic carbocycles. The maximum Gasteiger partial charge on any atom is 0.337 e. The van der Waals surface area contributed by atoms with Crippen LogP contribution in [0.4, 0.5) is 0 Å². The van der Waals surface area contributed by atoms with E-state index in [0.717, 1.165) is 27.6 Å². The van der Waals surface area contributed by atoms with Gasteiger partial charge in [0, 0.05) is 16.6 Å². The van der Waals surface area contributed by atoms with Gasteiger partial charge in [-0.1, -0.05) is 48.0 Å². The predicted molar refractivity (Wildman–Crippen MR) is 108 cm³/mol. The quantitative estimate of drug-likeness (QED) is 0.669. The molecule has 3 rings (SSSR count). The second kappa shape index (κ2) is 7.12. The predicted octanol–water partition coefficient (Wildman–Crippen LogP) is 5.46. The number of aromatic nitrogens is 1. The molecular weight excluding hydrogens is 338 g/mol. The van der Waals surface area contributed by atoms with Gasteiger partial charge in [-0.15, -0.1) is 0 Å². The number of carboxylic acids is 1. The third kappa shape index (κ3) is 4.01. The van der Waals surface area contributed by atoms with Gasteiger partial charge in [0.1, 0.15) is 0 Å². The van der Waals surface area contributed by atoms with Crippen LogP contribution < -0.4 is 0 Å². The molecule has 1 atom stereocenters. The lowest BCUT2D eigenvalue weighted by atomic mass is 9.90. The first-order valence-electron chi connectivity index (χ1n) is 9.04. The number of aryl methyl sites for hydroxylation is 2. The van der Waals surface area contributed by atoms with Crippen molar-refractivity contribution in [1.82, 2.24) is 4.98 Å². The van der Waals surface area contributed by atoms with Crippen molar-refractivity contribution in [2.24, 2.45) is 0 Å². The topological polar surface area (TPSA) is 59.4 Å². The highest BCUT2D eigenvalue weighted by Crippen LogP contribution is 2.39. The summed E-state index contributed by atoms with van der Waals surface area (Å²) in [5.41, 5.74) is 4.49. The summed E-state index contributed by atoms with van der Waals surface area (Å²) < 4.78 is 5.96. The van der Waals surface area contributed by atoms with Crippen molar-refractivity contribution in [2.45, 2.75) is 46.3 Å². The average molecular weight is 363 g/mol. The largest absolute Gasteiger partial charge is 0.479 e. The summed E-state index contributed by atoms with van der Waals surface area (Å²) >= 11 is 0. The molecule has 0 unspecified atom stereocenters. The van der Waals surface area contributed by atoms with Gasteiger partial charge < -0.3 is 9.84 Å². The van der Waals surface area contributed by atoms with Crippen LogP contribution in [-0.4, -0.2) is 21.7 Å². The lowest BCUT2D eigenvalue weighted by Crippen LogP contribution is -2.28. The van der Waals surface area contributed by atoms with Crippen LogP contribution in [0, 0.1) is 13.8 Å². The Balaban J connectivity index is 2.37. The van der Waals surface area contributed by atoms with Crippen molar-refractivity contribution in [1.29, 1.82) is 0 Å². The fourth-order valence-corrected chi connectivity index (χ4v) is 3.29. The first-order chi connectivity index (χ1) is 12.7. The van der Waals surface area contributed by atoms with E-state index in [1.54, 1.807) is 0 Å². The summed E-state index contributed by atoms with van der Waals surface area (Å²) in [4.78, 5) is 16.8. The van der Waals surface area contributed by atoms with E-state index < -0.39 is 17.7 Å². The number of nitrogens with zero attached hydrogens (tertiary/aromatic N) is 1. The number of rotatable bonds is 4. The van der Waals surface area contributed by atoms with E-state index in [-0.39, 0.29) is 0 Å². The zero-order valence-electron chi connectivity index (χ0n) is 16.4. The lowest BCUT2D eigenvalue weighted by molar-refractivity contribution is -0.160. The van der Waals surface area contributed by atoms with E-state index in [0.29, 0.717) is 11.3 Å². The molecule has 0 aliphatic heterocycles. The Hall–Kier alpha value is -2.72. The molecule has 3 aromatic rings. The molecule has 0 aliphatic rings. The van der Waals surface area contributed by atoms with Gasteiger partial charge in [-0.2, -0.15) is 0 Å².